The number of aromatic nitrogens is 3. The number of carbonyl (C=O) groups excluding carboxylic acids is 2. The van der Waals surface area contributed by atoms with Crippen molar-refractivity contribution in [2.24, 2.45) is 5.41 Å². The number of nitrogens with one attached hydrogen (secondary N) is 1. The molecular weight excluding hydrogens is 771 g/mol. The number of carbonyl (C=O) groups is 2. The zero-order valence-electron chi connectivity index (χ0n) is 34.0. The molecule has 14 nitrogen and oxygen atoms in total. The fraction of sp³-hybridized carbons (Fsp3) is 0.561. The van der Waals surface area contributed by atoms with E-state index in [0.717, 1.165) is 49.8 Å². The second-order valence-corrected chi connectivity index (χ2v) is 19.1. The standard InChI is InChI=1S/C41H48F2N8O6S/c1-39(2,3)56-37(52)48-35-23(13-44)28-31(45-14-26(42)33(28)58-35)27-24-17-54-18-25(24)29-32(30(27)43)46-36(55-20-41(11-12-41)19-49(7)8)47-34(29)51-21-9-10-22(51)16-50(15-21)38(53)57-40(4,5)6/h14,21-22H,9-12,15-20H2,1-8H3,(H,48,52). The van der Waals surface area contributed by atoms with Gasteiger partial charge in [-0.05, 0) is 92.4 Å². The molecule has 4 aromatic rings. The van der Waals surface area contributed by atoms with Gasteiger partial charge in [0.2, 0.25) is 0 Å². The Morgan fingerprint density at radius 1 is 1.03 bits per heavy atom. The number of hydrogen-bond donors (Lipinski definition) is 1. The van der Waals surface area contributed by atoms with Crippen LogP contribution in [-0.4, -0.2) is 101 Å². The molecule has 4 aliphatic rings. The van der Waals surface area contributed by atoms with E-state index >= 15 is 8.78 Å². The van der Waals surface area contributed by atoms with Crippen molar-refractivity contribution >= 4 is 55.3 Å². The molecule has 1 aliphatic carbocycles. The fourth-order valence-corrected chi connectivity index (χ4v) is 9.52. The molecule has 308 valence electrons. The number of fused-ring (bicyclic) bond motifs is 6. The zero-order valence-corrected chi connectivity index (χ0v) is 34.9. The van der Waals surface area contributed by atoms with E-state index < -0.39 is 28.9 Å². The molecule has 0 radical (unpaired) electrons. The normalized spacial score (nSPS) is 19.8. The Balaban J connectivity index is 1.28. The Morgan fingerprint density at radius 3 is 2.33 bits per heavy atom. The Bertz CT molecular complexity index is 2370. The maximum Gasteiger partial charge on any atom is 0.412 e. The number of amides is 2. The van der Waals surface area contributed by atoms with E-state index in [1.807, 2.05) is 34.9 Å². The third-order valence-corrected chi connectivity index (χ3v) is 12.0. The Kier molecular flexibility index (Phi) is 9.92. The van der Waals surface area contributed by atoms with Gasteiger partial charge in [0.15, 0.2) is 11.6 Å². The SMILES string of the molecule is CN(C)CC1(COc2nc(N3C4CCC3CN(C(=O)OC(C)(C)C)C4)c3c4c(c(-c5ncc(F)c6sc(NC(=O)OC(C)(C)C)c(C#N)c56)c(F)c3n2)COC4)CC1. The van der Waals surface area contributed by atoms with Gasteiger partial charge in [-0.3, -0.25) is 10.3 Å². The Labute approximate surface area is 339 Å². The van der Waals surface area contributed by atoms with Gasteiger partial charge in [0.05, 0.1) is 47.4 Å². The van der Waals surface area contributed by atoms with Gasteiger partial charge in [0, 0.05) is 48.1 Å². The molecule has 1 saturated carbocycles. The summed E-state index contributed by atoms with van der Waals surface area (Å²) in [7, 11) is 4.03. The van der Waals surface area contributed by atoms with Gasteiger partial charge in [0.1, 0.15) is 33.6 Å². The zero-order chi connectivity index (χ0) is 41.5. The maximum atomic E-state index is 17.8. The minimum Gasteiger partial charge on any atom is -0.463 e. The summed E-state index contributed by atoms with van der Waals surface area (Å²) >= 11 is 0.840. The molecule has 2 atom stereocenters. The largest absolute Gasteiger partial charge is 0.463 e. The number of hydrogen-bond acceptors (Lipinski definition) is 13. The number of nitriles is 1. The molecule has 2 bridgehead atoms. The second-order valence-electron chi connectivity index (χ2n) is 18.1. The summed E-state index contributed by atoms with van der Waals surface area (Å²) < 4.78 is 56.9. The first-order valence-electron chi connectivity index (χ1n) is 19.5. The average molecular weight is 819 g/mol. The molecule has 3 aromatic heterocycles. The van der Waals surface area contributed by atoms with Gasteiger partial charge < -0.3 is 33.6 Å². The van der Waals surface area contributed by atoms with Gasteiger partial charge in [-0.25, -0.2) is 18.4 Å². The Morgan fingerprint density at radius 2 is 1.71 bits per heavy atom. The van der Waals surface area contributed by atoms with Crippen LogP contribution in [0, 0.1) is 28.4 Å². The summed E-state index contributed by atoms with van der Waals surface area (Å²) in [5, 5.41) is 13.6. The van der Waals surface area contributed by atoms with Gasteiger partial charge in [-0.1, -0.05) is 0 Å². The van der Waals surface area contributed by atoms with Crippen molar-refractivity contribution < 1.29 is 37.3 Å². The van der Waals surface area contributed by atoms with E-state index in [1.54, 1.807) is 25.7 Å². The van der Waals surface area contributed by atoms with Crippen molar-refractivity contribution in [1.29, 1.82) is 5.26 Å². The van der Waals surface area contributed by atoms with E-state index in [0.29, 0.717) is 42.0 Å². The third-order valence-electron chi connectivity index (χ3n) is 10.9. The number of anilines is 2. The lowest BCUT2D eigenvalue weighted by Crippen LogP contribution is -2.56. The van der Waals surface area contributed by atoms with Gasteiger partial charge in [-0.15, -0.1) is 11.3 Å². The van der Waals surface area contributed by atoms with Crippen LogP contribution in [0.5, 0.6) is 6.01 Å². The molecule has 3 aliphatic heterocycles. The molecule has 2 amide bonds. The molecule has 2 unspecified atom stereocenters. The molecule has 1 aromatic carbocycles. The molecule has 1 N–H and O–H groups in total. The summed E-state index contributed by atoms with van der Waals surface area (Å²) in [6.45, 7) is 12.7. The van der Waals surface area contributed by atoms with Gasteiger partial charge >= 0.3 is 18.2 Å². The van der Waals surface area contributed by atoms with Crippen LogP contribution in [0.1, 0.15) is 83.9 Å². The van der Waals surface area contributed by atoms with E-state index in [9.17, 15) is 14.9 Å². The number of piperazine rings is 1. The van der Waals surface area contributed by atoms with Gasteiger partial charge in [-0.2, -0.15) is 15.2 Å². The van der Waals surface area contributed by atoms with E-state index in [-0.39, 0.29) is 80.2 Å². The van der Waals surface area contributed by atoms with Crippen molar-refractivity contribution in [1.82, 2.24) is 24.8 Å². The monoisotopic (exact) mass is 818 g/mol. The van der Waals surface area contributed by atoms with Crippen LogP contribution < -0.4 is 15.0 Å². The van der Waals surface area contributed by atoms with Crippen LogP contribution in [0.2, 0.25) is 0 Å². The van der Waals surface area contributed by atoms with Crippen molar-refractivity contribution in [2.45, 2.75) is 104 Å². The molecule has 6 heterocycles. The van der Waals surface area contributed by atoms with Crippen molar-refractivity contribution in [3.05, 3.63) is 34.5 Å². The van der Waals surface area contributed by atoms with E-state index in [2.05, 4.69) is 26.2 Å². The minimum absolute atomic E-state index is 0.0111. The molecule has 3 fully saturated rings. The minimum atomic E-state index is -0.833. The van der Waals surface area contributed by atoms with Crippen LogP contribution in [0.25, 0.3) is 32.2 Å². The molecular formula is C41H48F2N8O6S. The van der Waals surface area contributed by atoms with Crippen LogP contribution in [0.3, 0.4) is 0 Å². The predicted molar refractivity (Wildman–Crippen MR) is 214 cm³/mol. The smallest absolute Gasteiger partial charge is 0.412 e. The Hall–Kier alpha value is -4.92. The first-order valence-corrected chi connectivity index (χ1v) is 20.3. The number of thiophene rings is 1. The van der Waals surface area contributed by atoms with Gasteiger partial charge in [0.25, 0.3) is 0 Å². The molecule has 8 rings (SSSR count). The number of pyridine rings is 1. The van der Waals surface area contributed by atoms with Crippen LogP contribution in [0.15, 0.2) is 6.20 Å². The highest BCUT2D eigenvalue weighted by molar-refractivity contribution is 7.23. The first kappa shape index (κ1) is 39.9. The third kappa shape index (κ3) is 7.46. The summed E-state index contributed by atoms with van der Waals surface area (Å²) in [5.74, 6) is -0.992. The molecule has 0 spiro atoms. The highest BCUT2D eigenvalue weighted by Crippen LogP contribution is 2.50. The quantitative estimate of drug-likeness (QED) is 0.185. The second kappa shape index (κ2) is 14.4. The molecule has 17 heteroatoms. The van der Waals surface area contributed by atoms with Crippen molar-refractivity contribution in [2.75, 3.05) is 50.6 Å². The lowest BCUT2D eigenvalue weighted by molar-refractivity contribution is 0.0209. The topological polar surface area (TPSA) is 155 Å². The fourth-order valence-electron chi connectivity index (χ4n) is 8.48. The predicted octanol–water partition coefficient (Wildman–Crippen LogP) is 7.74. The first-order chi connectivity index (χ1) is 27.3. The molecule has 2 saturated heterocycles. The van der Waals surface area contributed by atoms with E-state index in [4.69, 9.17) is 28.9 Å². The van der Waals surface area contributed by atoms with Crippen molar-refractivity contribution in [3.63, 3.8) is 0 Å². The number of benzene rings is 1. The lowest BCUT2D eigenvalue weighted by Gasteiger charge is -2.42. The van der Waals surface area contributed by atoms with Crippen LogP contribution in [-0.2, 0) is 27.4 Å². The maximum absolute atomic E-state index is 17.8. The van der Waals surface area contributed by atoms with Crippen LogP contribution in [0.4, 0.5) is 29.2 Å². The highest BCUT2D eigenvalue weighted by atomic mass is 32.1. The average Bonchev–Trinajstić information content (AvgIpc) is 3.40. The number of rotatable bonds is 8. The van der Waals surface area contributed by atoms with E-state index in [1.165, 1.54) is 0 Å². The summed E-state index contributed by atoms with van der Waals surface area (Å²) in [5.41, 5.74) is -0.509. The number of nitrogens with zero attached hydrogens (tertiary/aromatic N) is 7. The number of ether oxygens (including phenoxy) is 4. The number of likely N-dealkylation sites (tertiary alicyclic amines) is 1. The van der Waals surface area contributed by atoms with Crippen LogP contribution >= 0.6 is 11.3 Å². The molecule has 58 heavy (non-hydrogen) atoms. The number of halogens is 2. The summed E-state index contributed by atoms with van der Waals surface area (Å²) in [6, 6.07) is 1.82. The lowest BCUT2D eigenvalue weighted by atomic mass is 9.93. The highest BCUT2D eigenvalue weighted by Gasteiger charge is 2.46. The van der Waals surface area contributed by atoms with Crippen molar-refractivity contribution in [3.8, 4) is 23.3 Å². The summed E-state index contributed by atoms with van der Waals surface area (Å²) in [6.07, 6.45) is 3.29. The summed E-state index contributed by atoms with van der Waals surface area (Å²) in [4.78, 5) is 46.3.